The number of fused-ring (bicyclic) bond motifs is 1. The highest BCUT2D eigenvalue weighted by Crippen LogP contribution is 2.24. The minimum atomic E-state index is 0.602. The van der Waals surface area contributed by atoms with Gasteiger partial charge in [-0.3, -0.25) is 4.98 Å². The Morgan fingerprint density at radius 3 is 3.00 bits per heavy atom. The smallest absolute Gasteiger partial charge is 0.122 e. The molecule has 0 atom stereocenters. The molecule has 1 N–H and O–H groups in total. The number of hydrogen-bond acceptors (Lipinski definition) is 4. The zero-order chi connectivity index (χ0) is 14.7. The van der Waals surface area contributed by atoms with Gasteiger partial charge in [0.1, 0.15) is 12.4 Å². The number of nitrogens with one attached hydrogen (secondary N) is 1. The number of ether oxygens (including phenoxy) is 1. The van der Waals surface area contributed by atoms with Gasteiger partial charge in [0, 0.05) is 39.5 Å². The van der Waals surface area contributed by atoms with Crippen LogP contribution in [0.15, 0.2) is 42.6 Å². The first kappa shape index (κ1) is 14.0. The molecule has 0 saturated heterocycles. The Morgan fingerprint density at radius 1 is 1.24 bits per heavy atom. The summed E-state index contributed by atoms with van der Waals surface area (Å²) in [6.07, 6.45) is 1.80. The second-order valence-corrected chi connectivity index (χ2v) is 6.31. The number of hydrogen-bond donors (Lipinski definition) is 1. The van der Waals surface area contributed by atoms with E-state index in [1.165, 1.54) is 15.3 Å². The van der Waals surface area contributed by atoms with Crippen molar-refractivity contribution in [3.05, 3.63) is 57.9 Å². The van der Waals surface area contributed by atoms with Gasteiger partial charge in [0.15, 0.2) is 0 Å². The average Bonchev–Trinajstić information content (AvgIpc) is 2.85. The van der Waals surface area contributed by atoms with Crippen LogP contribution in [-0.2, 0) is 13.2 Å². The molecule has 21 heavy (non-hydrogen) atoms. The molecule has 2 heterocycles. The van der Waals surface area contributed by atoms with Gasteiger partial charge in [0.25, 0.3) is 0 Å². The summed E-state index contributed by atoms with van der Waals surface area (Å²) in [5, 5.41) is 4.31. The zero-order valence-corrected chi connectivity index (χ0v) is 13.0. The molecule has 2 aromatic heterocycles. The number of aryl methyl sites for hydroxylation is 1. The quantitative estimate of drug-likeness (QED) is 0.775. The summed E-state index contributed by atoms with van der Waals surface area (Å²) in [5.74, 6) is 0.863. The third-order valence-electron chi connectivity index (χ3n) is 3.39. The summed E-state index contributed by atoms with van der Waals surface area (Å²) in [6, 6.07) is 12.3. The summed E-state index contributed by atoms with van der Waals surface area (Å²) in [4.78, 5) is 7.02. The molecular formula is C17H18N2OS. The van der Waals surface area contributed by atoms with Crippen molar-refractivity contribution in [1.29, 1.82) is 0 Å². The van der Waals surface area contributed by atoms with Gasteiger partial charge >= 0.3 is 0 Å². The lowest BCUT2D eigenvalue weighted by Crippen LogP contribution is -2.02. The van der Waals surface area contributed by atoms with Gasteiger partial charge in [-0.15, -0.1) is 11.3 Å². The van der Waals surface area contributed by atoms with E-state index in [4.69, 9.17) is 4.74 Å². The van der Waals surface area contributed by atoms with E-state index in [-0.39, 0.29) is 0 Å². The van der Waals surface area contributed by atoms with E-state index in [0.29, 0.717) is 6.61 Å². The minimum absolute atomic E-state index is 0.602. The zero-order valence-electron chi connectivity index (χ0n) is 12.2. The number of aromatic nitrogens is 1. The molecule has 0 amide bonds. The summed E-state index contributed by atoms with van der Waals surface area (Å²) in [7, 11) is 1.97. The van der Waals surface area contributed by atoms with E-state index in [1.807, 2.05) is 42.6 Å². The molecule has 3 nitrogen and oxygen atoms in total. The van der Waals surface area contributed by atoms with E-state index < -0.39 is 0 Å². The second kappa shape index (κ2) is 6.24. The highest BCUT2D eigenvalue weighted by molar-refractivity contribution is 7.12. The number of benzene rings is 1. The van der Waals surface area contributed by atoms with Crippen molar-refractivity contribution in [2.45, 2.75) is 20.1 Å². The van der Waals surface area contributed by atoms with E-state index in [0.717, 1.165) is 23.2 Å². The molecular weight excluding hydrogens is 280 g/mol. The highest BCUT2D eigenvalue weighted by atomic mass is 32.1. The van der Waals surface area contributed by atoms with Gasteiger partial charge in [-0.25, -0.2) is 0 Å². The van der Waals surface area contributed by atoms with Crippen LogP contribution < -0.4 is 10.1 Å². The highest BCUT2D eigenvalue weighted by Gasteiger charge is 2.06. The topological polar surface area (TPSA) is 34.1 Å². The van der Waals surface area contributed by atoms with Crippen molar-refractivity contribution >= 4 is 22.2 Å². The van der Waals surface area contributed by atoms with E-state index in [2.05, 4.69) is 29.4 Å². The molecule has 4 heteroatoms. The minimum Gasteiger partial charge on any atom is -0.489 e. The fourth-order valence-electron chi connectivity index (χ4n) is 2.29. The van der Waals surface area contributed by atoms with Crippen LogP contribution in [0.1, 0.15) is 15.3 Å². The molecule has 3 rings (SSSR count). The van der Waals surface area contributed by atoms with Gasteiger partial charge in [0.2, 0.25) is 0 Å². The van der Waals surface area contributed by atoms with E-state index >= 15 is 0 Å². The molecule has 3 aromatic rings. The van der Waals surface area contributed by atoms with Crippen LogP contribution in [0.5, 0.6) is 5.75 Å². The summed E-state index contributed by atoms with van der Waals surface area (Å²) < 4.78 is 5.92. The van der Waals surface area contributed by atoms with Gasteiger partial charge in [-0.2, -0.15) is 0 Å². The summed E-state index contributed by atoms with van der Waals surface area (Å²) in [5.41, 5.74) is 2.22. The van der Waals surface area contributed by atoms with Crippen LogP contribution in [0, 0.1) is 6.92 Å². The van der Waals surface area contributed by atoms with Gasteiger partial charge in [-0.05, 0) is 38.2 Å². The largest absolute Gasteiger partial charge is 0.489 e. The SMILES string of the molecule is CNCc1cc(COc2ccc3cccnc3c2)c(C)s1. The Bertz CT molecular complexity index is 751. The molecule has 1 aromatic carbocycles. The van der Waals surface area contributed by atoms with Crippen LogP contribution in [-0.4, -0.2) is 12.0 Å². The Kier molecular flexibility index (Phi) is 4.18. The Balaban J connectivity index is 1.73. The molecule has 0 aliphatic carbocycles. The van der Waals surface area contributed by atoms with E-state index in [9.17, 15) is 0 Å². The lowest BCUT2D eigenvalue weighted by molar-refractivity contribution is 0.306. The van der Waals surface area contributed by atoms with Gasteiger partial charge in [0.05, 0.1) is 5.52 Å². The fourth-order valence-corrected chi connectivity index (χ4v) is 3.35. The molecule has 0 bridgehead atoms. The first-order valence-corrected chi connectivity index (χ1v) is 7.78. The summed E-state index contributed by atoms with van der Waals surface area (Å²) in [6.45, 7) is 3.65. The standard InChI is InChI=1S/C17H18N2OS/c1-12-14(8-16(21-12)10-18-2)11-20-15-6-5-13-4-3-7-19-17(13)9-15/h3-9,18H,10-11H2,1-2H3. The molecule has 0 unspecified atom stereocenters. The first-order valence-electron chi connectivity index (χ1n) is 6.96. The maximum atomic E-state index is 5.92. The first-order chi connectivity index (χ1) is 10.3. The van der Waals surface area contributed by atoms with Crippen LogP contribution >= 0.6 is 11.3 Å². The normalized spacial score (nSPS) is 11.0. The van der Waals surface area contributed by atoms with E-state index in [1.54, 1.807) is 6.20 Å². The number of pyridine rings is 1. The predicted molar refractivity (Wildman–Crippen MR) is 87.9 cm³/mol. The maximum absolute atomic E-state index is 5.92. The summed E-state index contributed by atoms with van der Waals surface area (Å²) >= 11 is 1.82. The predicted octanol–water partition coefficient (Wildman–Crippen LogP) is 3.90. The lowest BCUT2D eigenvalue weighted by atomic mass is 10.2. The van der Waals surface area contributed by atoms with Crippen molar-refractivity contribution in [2.75, 3.05) is 7.05 Å². The monoisotopic (exact) mass is 298 g/mol. The van der Waals surface area contributed by atoms with Crippen LogP contribution in [0.2, 0.25) is 0 Å². The number of rotatable bonds is 5. The average molecular weight is 298 g/mol. The molecule has 0 fully saturated rings. The van der Waals surface area contributed by atoms with Crippen molar-refractivity contribution < 1.29 is 4.74 Å². The van der Waals surface area contributed by atoms with Gasteiger partial charge in [-0.1, -0.05) is 6.07 Å². The molecule has 0 saturated carbocycles. The third kappa shape index (κ3) is 3.23. The maximum Gasteiger partial charge on any atom is 0.122 e. The van der Waals surface area contributed by atoms with Crippen LogP contribution in [0.25, 0.3) is 10.9 Å². The fraction of sp³-hybridized carbons (Fsp3) is 0.235. The molecule has 0 spiro atoms. The Morgan fingerprint density at radius 2 is 2.14 bits per heavy atom. The molecule has 0 radical (unpaired) electrons. The third-order valence-corrected chi connectivity index (χ3v) is 4.49. The Labute approximate surface area is 128 Å². The van der Waals surface area contributed by atoms with Crippen molar-refractivity contribution in [2.24, 2.45) is 0 Å². The van der Waals surface area contributed by atoms with Crippen molar-refractivity contribution in [1.82, 2.24) is 10.3 Å². The Hall–Kier alpha value is -1.91. The molecule has 0 aliphatic heterocycles. The van der Waals surface area contributed by atoms with Gasteiger partial charge < -0.3 is 10.1 Å². The molecule has 0 aliphatic rings. The van der Waals surface area contributed by atoms with Crippen molar-refractivity contribution in [3.8, 4) is 5.75 Å². The van der Waals surface area contributed by atoms with Crippen LogP contribution in [0.3, 0.4) is 0 Å². The number of nitrogens with zero attached hydrogens (tertiary/aromatic N) is 1. The van der Waals surface area contributed by atoms with Crippen molar-refractivity contribution in [3.63, 3.8) is 0 Å². The lowest BCUT2D eigenvalue weighted by Gasteiger charge is -2.06. The second-order valence-electron chi connectivity index (χ2n) is 4.97. The molecule has 108 valence electrons. The number of thiophene rings is 1. The van der Waals surface area contributed by atoms with Crippen LogP contribution in [0.4, 0.5) is 0 Å².